The SMILES string of the molecule is C[C@H](N)C(=O)C(C(=O)O)(C(=O)[C@H]1CCCN1CC(=O)O)N1CCCC1. The van der Waals surface area contributed by atoms with Crippen molar-refractivity contribution >= 4 is 23.5 Å². The monoisotopic (exact) mass is 355 g/mol. The molecule has 0 radical (unpaired) electrons. The normalized spacial score (nSPS) is 25.4. The Bertz CT molecular complexity index is 572. The van der Waals surface area contributed by atoms with Crippen LogP contribution in [0.5, 0.6) is 0 Å². The van der Waals surface area contributed by atoms with Crippen molar-refractivity contribution in [2.45, 2.75) is 50.2 Å². The molecular formula is C16H25N3O6. The fourth-order valence-electron chi connectivity index (χ4n) is 3.89. The first-order valence-electron chi connectivity index (χ1n) is 8.51. The van der Waals surface area contributed by atoms with Crippen molar-refractivity contribution in [3.8, 4) is 0 Å². The molecule has 2 fully saturated rings. The number of carbonyl (C=O) groups is 4. The van der Waals surface area contributed by atoms with E-state index in [1.807, 2.05) is 0 Å². The molecule has 9 nitrogen and oxygen atoms in total. The molecule has 2 aliphatic heterocycles. The number of aliphatic carboxylic acids is 2. The summed E-state index contributed by atoms with van der Waals surface area (Å²) in [7, 11) is 0. The van der Waals surface area contributed by atoms with Crippen LogP contribution in [0.15, 0.2) is 0 Å². The molecule has 2 heterocycles. The Hall–Kier alpha value is -1.84. The fraction of sp³-hybridized carbons (Fsp3) is 0.750. The maximum atomic E-state index is 13.3. The highest BCUT2D eigenvalue weighted by Gasteiger charge is 2.60. The number of carboxylic acids is 2. The molecule has 4 N–H and O–H groups in total. The summed E-state index contributed by atoms with van der Waals surface area (Å²) in [5, 5.41) is 19.0. The molecule has 2 aliphatic rings. The van der Waals surface area contributed by atoms with Crippen molar-refractivity contribution in [3.05, 3.63) is 0 Å². The molecule has 2 saturated heterocycles. The zero-order chi connectivity index (χ0) is 18.8. The third kappa shape index (κ3) is 3.44. The molecule has 9 heteroatoms. The minimum absolute atomic E-state index is 0.322. The number of carbonyl (C=O) groups excluding carboxylic acids is 2. The molecular weight excluding hydrogens is 330 g/mol. The lowest BCUT2D eigenvalue weighted by molar-refractivity contribution is -0.164. The highest BCUT2D eigenvalue weighted by atomic mass is 16.4. The molecule has 3 atom stereocenters. The molecule has 0 amide bonds. The summed E-state index contributed by atoms with van der Waals surface area (Å²) in [4.78, 5) is 52.2. The number of likely N-dealkylation sites (tertiary alicyclic amines) is 2. The van der Waals surface area contributed by atoms with Gasteiger partial charge >= 0.3 is 11.9 Å². The van der Waals surface area contributed by atoms with Crippen LogP contribution in [0.25, 0.3) is 0 Å². The quantitative estimate of drug-likeness (QED) is 0.464. The molecule has 2 rings (SSSR count). The summed E-state index contributed by atoms with van der Waals surface area (Å²) in [5.74, 6) is -4.22. The molecule has 140 valence electrons. The molecule has 0 aromatic rings. The van der Waals surface area contributed by atoms with Crippen LogP contribution in [-0.4, -0.2) is 87.3 Å². The van der Waals surface area contributed by atoms with E-state index in [9.17, 15) is 24.3 Å². The van der Waals surface area contributed by atoms with Crippen molar-refractivity contribution in [2.24, 2.45) is 5.73 Å². The third-order valence-electron chi connectivity index (χ3n) is 5.02. The van der Waals surface area contributed by atoms with Crippen molar-refractivity contribution in [1.82, 2.24) is 9.80 Å². The summed E-state index contributed by atoms with van der Waals surface area (Å²) in [5.41, 5.74) is 3.34. The first-order chi connectivity index (χ1) is 11.7. The van der Waals surface area contributed by atoms with Gasteiger partial charge in [-0.2, -0.15) is 0 Å². The van der Waals surface area contributed by atoms with Crippen LogP contribution in [0.2, 0.25) is 0 Å². The molecule has 0 saturated carbocycles. The van der Waals surface area contributed by atoms with E-state index in [1.54, 1.807) is 0 Å². The zero-order valence-electron chi connectivity index (χ0n) is 14.3. The summed E-state index contributed by atoms with van der Waals surface area (Å²) >= 11 is 0. The molecule has 0 bridgehead atoms. The van der Waals surface area contributed by atoms with E-state index in [0.717, 1.165) is 0 Å². The Labute approximate surface area is 145 Å². The minimum atomic E-state index is -2.34. The number of hydrogen-bond donors (Lipinski definition) is 3. The highest BCUT2D eigenvalue weighted by Crippen LogP contribution is 2.31. The van der Waals surface area contributed by atoms with Gasteiger partial charge in [0, 0.05) is 13.1 Å². The van der Waals surface area contributed by atoms with Gasteiger partial charge in [-0.1, -0.05) is 0 Å². The van der Waals surface area contributed by atoms with Crippen molar-refractivity contribution in [1.29, 1.82) is 0 Å². The Morgan fingerprint density at radius 3 is 2.20 bits per heavy atom. The Kier molecular flexibility index (Phi) is 5.91. The number of rotatable bonds is 8. The number of Topliss-reactive ketones (excluding diaryl/α,β-unsaturated/α-hetero) is 2. The summed E-state index contributed by atoms with van der Waals surface area (Å²) in [6.45, 7) is 2.03. The lowest BCUT2D eigenvalue weighted by Crippen LogP contribution is -2.70. The molecule has 0 aromatic carbocycles. The van der Waals surface area contributed by atoms with Crippen LogP contribution in [0.3, 0.4) is 0 Å². The number of ketones is 2. The third-order valence-corrected chi connectivity index (χ3v) is 5.02. The lowest BCUT2D eigenvalue weighted by Gasteiger charge is -2.39. The zero-order valence-corrected chi connectivity index (χ0v) is 14.3. The Morgan fingerprint density at radius 1 is 1.12 bits per heavy atom. The molecule has 25 heavy (non-hydrogen) atoms. The van der Waals surface area contributed by atoms with Gasteiger partial charge in [0.2, 0.25) is 5.54 Å². The maximum absolute atomic E-state index is 13.3. The van der Waals surface area contributed by atoms with Gasteiger partial charge in [0.25, 0.3) is 0 Å². The average molecular weight is 355 g/mol. The van der Waals surface area contributed by atoms with Gasteiger partial charge in [-0.25, -0.2) is 4.79 Å². The van der Waals surface area contributed by atoms with Crippen LogP contribution in [-0.2, 0) is 19.2 Å². The fourth-order valence-corrected chi connectivity index (χ4v) is 3.89. The second kappa shape index (κ2) is 7.59. The van der Waals surface area contributed by atoms with Gasteiger partial charge in [-0.05, 0) is 39.2 Å². The predicted molar refractivity (Wildman–Crippen MR) is 87.1 cm³/mol. The van der Waals surface area contributed by atoms with Crippen molar-refractivity contribution in [3.63, 3.8) is 0 Å². The van der Waals surface area contributed by atoms with Gasteiger partial charge in [0.15, 0.2) is 11.6 Å². The van der Waals surface area contributed by atoms with E-state index in [0.29, 0.717) is 45.3 Å². The molecule has 0 spiro atoms. The van der Waals surface area contributed by atoms with Gasteiger partial charge in [-0.15, -0.1) is 0 Å². The molecule has 0 aromatic heterocycles. The minimum Gasteiger partial charge on any atom is -0.480 e. The highest BCUT2D eigenvalue weighted by molar-refractivity contribution is 6.29. The molecule has 0 aliphatic carbocycles. The van der Waals surface area contributed by atoms with E-state index in [1.165, 1.54) is 16.7 Å². The van der Waals surface area contributed by atoms with E-state index in [2.05, 4.69) is 0 Å². The van der Waals surface area contributed by atoms with E-state index in [-0.39, 0.29) is 6.54 Å². The Morgan fingerprint density at radius 2 is 1.72 bits per heavy atom. The summed E-state index contributed by atoms with van der Waals surface area (Å²) in [6, 6.07) is -2.02. The van der Waals surface area contributed by atoms with Crippen LogP contribution >= 0.6 is 0 Å². The van der Waals surface area contributed by atoms with Gasteiger partial charge < -0.3 is 15.9 Å². The van der Waals surface area contributed by atoms with E-state index in [4.69, 9.17) is 10.8 Å². The van der Waals surface area contributed by atoms with Crippen LogP contribution < -0.4 is 5.73 Å². The van der Waals surface area contributed by atoms with Crippen molar-refractivity contribution < 1.29 is 29.4 Å². The smallest absolute Gasteiger partial charge is 0.339 e. The predicted octanol–water partition coefficient (Wildman–Crippen LogP) is -1.06. The number of nitrogens with zero attached hydrogens (tertiary/aromatic N) is 2. The topological polar surface area (TPSA) is 141 Å². The van der Waals surface area contributed by atoms with Gasteiger partial charge in [-0.3, -0.25) is 24.2 Å². The number of nitrogens with two attached hydrogens (primary N) is 1. The second-order valence-corrected chi connectivity index (χ2v) is 6.75. The molecule has 1 unspecified atom stereocenters. The van der Waals surface area contributed by atoms with Crippen molar-refractivity contribution in [2.75, 3.05) is 26.2 Å². The number of hydrogen-bond acceptors (Lipinski definition) is 7. The van der Waals surface area contributed by atoms with Crippen LogP contribution in [0, 0.1) is 0 Å². The van der Waals surface area contributed by atoms with Gasteiger partial charge in [0.1, 0.15) is 0 Å². The first kappa shape index (κ1) is 19.5. The largest absolute Gasteiger partial charge is 0.480 e. The second-order valence-electron chi connectivity index (χ2n) is 6.75. The lowest BCUT2D eigenvalue weighted by atomic mass is 9.80. The Balaban J connectivity index is 2.46. The average Bonchev–Trinajstić information content (AvgIpc) is 3.18. The number of carboxylic acid groups (broad SMARTS) is 2. The van der Waals surface area contributed by atoms with Crippen LogP contribution in [0.4, 0.5) is 0 Å². The first-order valence-corrected chi connectivity index (χ1v) is 8.51. The van der Waals surface area contributed by atoms with Crippen LogP contribution in [0.1, 0.15) is 32.6 Å². The van der Waals surface area contributed by atoms with E-state index < -0.39 is 41.1 Å². The summed E-state index contributed by atoms with van der Waals surface area (Å²) < 4.78 is 0. The summed E-state index contributed by atoms with van der Waals surface area (Å²) in [6.07, 6.45) is 2.29. The van der Waals surface area contributed by atoms with E-state index >= 15 is 0 Å². The van der Waals surface area contributed by atoms with Gasteiger partial charge in [0.05, 0.1) is 18.6 Å². The standard InChI is InChI=1S/C16H25N3O6/c1-10(17)13(22)16(15(24)25,19-7-2-3-8-19)14(23)11-5-4-6-18(11)9-12(20)21/h10-11H,2-9,17H2,1H3,(H,20,21)(H,24,25)/t10-,11+,16?/m0/s1. The maximum Gasteiger partial charge on any atom is 0.339 e.